The molecule has 5 aliphatic rings. The van der Waals surface area contributed by atoms with Gasteiger partial charge >= 0.3 is 0 Å². The third kappa shape index (κ3) is 3.08. The van der Waals surface area contributed by atoms with Gasteiger partial charge in [0.15, 0.2) is 4.32 Å². The summed E-state index contributed by atoms with van der Waals surface area (Å²) in [6.45, 7) is 0. The maximum absolute atomic E-state index is 13.4. The Morgan fingerprint density at radius 1 is 1.16 bits per heavy atom. The summed E-state index contributed by atoms with van der Waals surface area (Å²) in [7, 11) is 2.00. The van der Waals surface area contributed by atoms with Gasteiger partial charge in [-0.3, -0.25) is 15.0 Å². The van der Waals surface area contributed by atoms with E-state index in [9.17, 15) is 9.59 Å². The number of aryl methyl sites for hydroxylation is 1. The fourth-order valence-electron chi connectivity index (χ4n) is 6.80. The van der Waals surface area contributed by atoms with Gasteiger partial charge in [-0.1, -0.05) is 30.0 Å². The predicted molar refractivity (Wildman–Crippen MR) is 127 cm³/mol. The molecule has 0 atom stereocenters. The number of hydrazine groups is 1. The first-order valence-corrected chi connectivity index (χ1v) is 12.3. The average Bonchev–Trinajstić information content (AvgIpc) is 3.18. The molecule has 2 aromatic rings. The molecule has 2 amide bonds. The fraction of sp³-hybridized carbons (Fsp3) is 0.458. The number of rotatable bonds is 3. The molecule has 4 saturated carbocycles. The second-order valence-electron chi connectivity index (χ2n) is 9.87. The van der Waals surface area contributed by atoms with Crippen molar-refractivity contribution in [2.75, 3.05) is 0 Å². The number of thioether (sulfide) groups is 1. The van der Waals surface area contributed by atoms with E-state index in [0.717, 1.165) is 35.7 Å². The van der Waals surface area contributed by atoms with Crippen LogP contribution in [0.25, 0.3) is 17.0 Å². The number of hydrogen-bond donors (Lipinski definition) is 1. The molecule has 2 heterocycles. The molecule has 1 aromatic heterocycles. The lowest BCUT2D eigenvalue weighted by molar-refractivity contribution is -0.152. The lowest BCUT2D eigenvalue weighted by Crippen LogP contribution is -2.57. The summed E-state index contributed by atoms with van der Waals surface area (Å²) in [6, 6.07) is 8.11. The van der Waals surface area contributed by atoms with Crippen molar-refractivity contribution in [2.24, 2.45) is 30.2 Å². The molecule has 160 valence electrons. The lowest BCUT2D eigenvalue weighted by atomic mass is 9.49. The number of amides is 2. The molecule has 1 saturated heterocycles. The molecule has 1 N–H and O–H groups in total. The van der Waals surface area contributed by atoms with Crippen molar-refractivity contribution in [3.05, 3.63) is 40.9 Å². The monoisotopic (exact) mass is 451 g/mol. The van der Waals surface area contributed by atoms with Gasteiger partial charge in [-0.25, -0.2) is 0 Å². The van der Waals surface area contributed by atoms with Crippen LogP contribution in [0.2, 0.25) is 0 Å². The van der Waals surface area contributed by atoms with E-state index in [-0.39, 0.29) is 17.2 Å². The maximum atomic E-state index is 13.4. The largest absolute Gasteiger partial charge is 0.350 e. The summed E-state index contributed by atoms with van der Waals surface area (Å²) >= 11 is 6.74. The van der Waals surface area contributed by atoms with Crippen LogP contribution in [0.5, 0.6) is 0 Å². The first kappa shape index (κ1) is 19.6. The Kier molecular flexibility index (Phi) is 4.38. The highest BCUT2D eigenvalue weighted by Gasteiger charge is 2.55. The zero-order chi connectivity index (χ0) is 21.3. The van der Waals surface area contributed by atoms with E-state index in [1.54, 1.807) is 0 Å². The van der Waals surface area contributed by atoms with Gasteiger partial charge in [0.25, 0.3) is 5.91 Å². The van der Waals surface area contributed by atoms with Gasteiger partial charge in [-0.05, 0) is 80.6 Å². The number of benzene rings is 1. The smallest absolute Gasteiger partial charge is 0.285 e. The molecule has 4 bridgehead atoms. The zero-order valence-corrected chi connectivity index (χ0v) is 19.1. The van der Waals surface area contributed by atoms with Crippen molar-refractivity contribution in [1.82, 2.24) is 15.0 Å². The quantitative estimate of drug-likeness (QED) is 0.546. The molecular formula is C24H25N3O2S2. The molecule has 0 radical (unpaired) electrons. The van der Waals surface area contributed by atoms with E-state index in [2.05, 4.69) is 22.1 Å². The normalized spacial score (nSPS) is 33.1. The molecular weight excluding hydrogens is 426 g/mol. The predicted octanol–water partition coefficient (Wildman–Crippen LogP) is 4.63. The van der Waals surface area contributed by atoms with Crippen LogP contribution in [0.1, 0.15) is 44.1 Å². The second kappa shape index (κ2) is 6.94. The minimum Gasteiger partial charge on any atom is -0.350 e. The highest BCUT2D eigenvalue weighted by atomic mass is 32.2. The molecule has 5 nitrogen and oxygen atoms in total. The van der Waals surface area contributed by atoms with Gasteiger partial charge < -0.3 is 4.57 Å². The maximum Gasteiger partial charge on any atom is 0.285 e. The standard InChI is InChI=1S/C24H25N3O2S2/c1-26-13-17(18-4-2-3-5-19(18)26)9-20-21(28)27(23(30)31-20)25-22(29)24-10-14-6-15(11-24)8-16(7-14)12-24/h2-5,9,13-16H,6-8,10-12H2,1H3,(H,25,29)/b20-9+. The average molecular weight is 452 g/mol. The minimum atomic E-state index is -0.308. The van der Waals surface area contributed by atoms with Gasteiger partial charge in [0.1, 0.15) is 0 Å². The Morgan fingerprint density at radius 3 is 2.48 bits per heavy atom. The van der Waals surface area contributed by atoms with Crippen molar-refractivity contribution in [3.63, 3.8) is 0 Å². The van der Waals surface area contributed by atoms with Gasteiger partial charge in [0.05, 0.1) is 10.3 Å². The Labute approximate surface area is 191 Å². The van der Waals surface area contributed by atoms with E-state index in [4.69, 9.17) is 12.2 Å². The Balaban J connectivity index is 1.25. The first-order chi connectivity index (χ1) is 14.9. The molecule has 0 spiro atoms. The van der Waals surface area contributed by atoms with E-state index in [0.29, 0.717) is 27.0 Å². The minimum absolute atomic E-state index is 0.00527. The Morgan fingerprint density at radius 2 is 1.81 bits per heavy atom. The van der Waals surface area contributed by atoms with Gasteiger partial charge in [0.2, 0.25) is 5.91 Å². The number of hydrogen-bond acceptors (Lipinski definition) is 4. The topological polar surface area (TPSA) is 54.3 Å². The third-order valence-electron chi connectivity index (χ3n) is 7.74. The SMILES string of the molecule is Cn1cc(/C=C2/SC(=S)N(NC(=O)C34CC5CC(CC(C5)C3)C4)C2=O)c2ccccc21. The third-order valence-corrected chi connectivity index (χ3v) is 9.04. The number of para-hydroxylation sites is 1. The summed E-state index contributed by atoms with van der Waals surface area (Å²) in [4.78, 5) is 27.1. The zero-order valence-electron chi connectivity index (χ0n) is 17.5. The van der Waals surface area contributed by atoms with Crippen LogP contribution in [0.4, 0.5) is 0 Å². The molecule has 7 rings (SSSR count). The van der Waals surface area contributed by atoms with Crippen LogP contribution in [0.15, 0.2) is 35.4 Å². The van der Waals surface area contributed by atoms with E-state index < -0.39 is 0 Å². The molecule has 7 heteroatoms. The Bertz CT molecular complexity index is 1130. The van der Waals surface area contributed by atoms with Crippen molar-refractivity contribution in [3.8, 4) is 0 Å². The van der Waals surface area contributed by atoms with E-state index in [1.165, 1.54) is 36.0 Å². The van der Waals surface area contributed by atoms with Crippen molar-refractivity contribution in [1.29, 1.82) is 0 Å². The summed E-state index contributed by atoms with van der Waals surface area (Å²) in [5.74, 6) is 1.79. The summed E-state index contributed by atoms with van der Waals surface area (Å²) < 4.78 is 2.45. The molecule has 4 aliphatic carbocycles. The number of nitrogens with zero attached hydrogens (tertiary/aromatic N) is 2. The lowest BCUT2D eigenvalue weighted by Gasteiger charge is -2.55. The number of thiocarbonyl (C=S) groups is 1. The van der Waals surface area contributed by atoms with Crippen molar-refractivity contribution < 1.29 is 9.59 Å². The van der Waals surface area contributed by atoms with Crippen molar-refractivity contribution in [2.45, 2.75) is 38.5 Å². The highest BCUT2D eigenvalue weighted by molar-refractivity contribution is 8.26. The van der Waals surface area contributed by atoms with Gasteiger partial charge in [-0.15, -0.1) is 0 Å². The van der Waals surface area contributed by atoms with E-state index in [1.807, 2.05) is 31.5 Å². The van der Waals surface area contributed by atoms with Crippen LogP contribution in [0.3, 0.4) is 0 Å². The number of nitrogens with one attached hydrogen (secondary N) is 1. The summed E-state index contributed by atoms with van der Waals surface area (Å²) in [6.07, 6.45) is 10.6. The number of fused-ring (bicyclic) bond motifs is 1. The van der Waals surface area contributed by atoms with Crippen LogP contribution in [-0.4, -0.2) is 25.7 Å². The summed E-state index contributed by atoms with van der Waals surface area (Å²) in [5.41, 5.74) is 4.71. The molecule has 31 heavy (non-hydrogen) atoms. The molecule has 5 fully saturated rings. The second-order valence-corrected chi connectivity index (χ2v) is 11.5. The first-order valence-electron chi connectivity index (χ1n) is 11.0. The molecule has 1 aromatic carbocycles. The molecule has 0 unspecified atom stereocenters. The number of aromatic nitrogens is 1. The van der Waals surface area contributed by atoms with Gasteiger partial charge in [-0.2, -0.15) is 5.01 Å². The van der Waals surface area contributed by atoms with E-state index >= 15 is 0 Å². The fourth-order valence-corrected chi connectivity index (χ4v) is 7.97. The Hall–Kier alpha value is -2.12. The van der Waals surface area contributed by atoms with Crippen LogP contribution >= 0.6 is 24.0 Å². The summed E-state index contributed by atoms with van der Waals surface area (Å²) in [5, 5.41) is 2.39. The van der Waals surface area contributed by atoms with Crippen molar-refractivity contribution >= 4 is 57.1 Å². The molecule has 1 aliphatic heterocycles. The van der Waals surface area contributed by atoms with Crippen LogP contribution < -0.4 is 5.43 Å². The number of carbonyl (C=O) groups excluding carboxylic acids is 2. The van der Waals surface area contributed by atoms with Crippen LogP contribution in [0, 0.1) is 23.2 Å². The number of carbonyl (C=O) groups is 2. The van der Waals surface area contributed by atoms with Crippen LogP contribution in [-0.2, 0) is 16.6 Å². The highest BCUT2D eigenvalue weighted by Crippen LogP contribution is 2.60. The van der Waals surface area contributed by atoms with Gasteiger partial charge in [0, 0.05) is 29.7 Å².